The van der Waals surface area contributed by atoms with Gasteiger partial charge in [0.15, 0.2) is 24.8 Å². The van der Waals surface area contributed by atoms with Gasteiger partial charge in [0.05, 0.1) is 27.8 Å². The number of aromatic nitrogens is 2. The first-order valence-corrected chi connectivity index (χ1v) is 28.0. The summed E-state index contributed by atoms with van der Waals surface area (Å²) in [6, 6.07) is 25.8. The lowest BCUT2D eigenvalue weighted by Gasteiger charge is -2.18. The predicted molar refractivity (Wildman–Crippen MR) is 294 cm³/mol. The molecule has 22 nitrogen and oxygen atoms in total. The second kappa shape index (κ2) is 27.1. The lowest BCUT2D eigenvalue weighted by atomic mass is 10.1. The van der Waals surface area contributed by atoms with Crippen molar-refractivity contribution >= 4 is 96.5 Å². The topological polar surface area (TPSA) is 273 Å². The van der Waals surface area contributed by atoms with Gasteiger partial charge in [0.1, 0.15) is 5.56 Å². The predicted octanol–water partition coefficient (Wildman–Crippen LogP) is 4.39. The Kier molecular flexibility index (Phi) is 20.5. The molecule has 5 amide bonds. The smallest absolute Gasteiger partial charge is 0.290 e. The Balaban J connectivity index is 0.916. The number of hydrogen-bond acceptors (Lipinski definition) is 14. The number of hydroxylamine groups is 2. The molecule has 6 rings (SSSR count). The molecule has 8 N–H and O–H groups in total. The van der Waals surface area contributed by atoms with Crippen LogP contribution in [-0.4, -0.2) is 96.0 Å². The minimum atomic E-state index is -4.06. The number of carbonyl (C=O) groups is 5. The third-order valence-electron chi connectivity index (χ3n) is 11.8. The summed E-state index contributed by atoms with van der Waals surface area (Å²) in [4.78, 5) is 68.8. The standard InChI is InChI=1S/C52H60N12O10S3/c1-36-11-21-46(76(70,71)59-44-17-13-42(14-18-44)57-53-34-65)38(3)50(36)55-48(67)31-63-23-7-9-40(29-63)33-74-62(6)26-28-75-27-25-61(5)52(69)41-10-8-24-64(30-41)32-49(68)56-51-37(2)12-22-47(39(51)4)77(72,73)60-45-19-15-43(16-20-45)58-54-35-66/h7-24,29-30,34-35,57-60H,25-28,31-33H2,1-6H3,(H2-2,53,54,55,56,65,66,67,68)/p+2. The molecule has 0 aliphatic heterocycles. The maximum atomic E-state index is 13.4. The number of amides is 5. The summed E-state index contributed by atoms with van der Waals surface area (Å²) in [5, 5.41) is 7.47. The van der Waals surface area contributed by atoms with Crippen LogP contribution in [0.1, 0.15) is 38.2 Å². The van der Waals surface area contributed by atoms with Crippen molar-refractivity contribution in [2.75, 3.05) is 69.6 Å². The van der Waals surface area contributed by atoms with E-state index in [9.17, 15) is 40.8 Å². The van der Waals surface area contributed by atoms with E-state index in [1.54, 1.807) is 151 Å². The van der Waals surface area contributed by atoms with Crippen LogP contribution in [0.3, 0.4) is 0 Å². The number of sulfonamides is 2. The Morgan fingerprint density at radius 1 is 0.597 bits per heavy atom. The molecule has 4 aromatic carbocycles. The number of benzene rings is 4. The number of hydrazine groups is 2. The summed E-state index contributed by atoms with van der Waals surface area (Å²) in [7, 11) is -4.55. The Morgan fingerprint density at radius 3 is 1.55 bits per heavy atom. The fraction of sp³-hybridized carbons (Fsp3) is 0.250. The Morgan fingerprint density at radius 2 is 1.05 bits per heavy atom. The molecular weight excluding hydrogens is 1050 g/mol. The van der Waals surface area contributed by atoms with Crippen molar-refractivity contribution in [1.82, 2.24) is 20.8 Å². The van der Waals surface area contributed by atoms with E-state index in [-0.39, 0.29) is 41.3 Å². The zero-order chi connectivity index (χ0) is 55.7. The molecule has 0 aliphatic carbocycles. The minimum Gasteiger partial charge on any atom is -0.341 e. The average Bonchev–Trinajstić information content (AvgIpc) is 3.40. The lowest BCUT2D eigenvalue weighted by Crippen LogP contribution is -2.41. The van der Waals surface area contributed by atoms with E-state index in [0.29, 0.717) is 93.6 Å². The molecule has 6 aromatic rings. The van der Waals surface area contributed by atoms with Crippen molar-refractivity contribution in [3.63, 3.8) is 0 Å². The first-order valence-electron chi connectivity index (χ1n) is 23.9. The third-order valence-corrected chi connectivity index (χ3v) is 15.8. The van der Waals surface area contributed by atoms with E-state index in [1.807, 2.05) is 19.2 Å². The van der Waals surface area contributed by atoms with Gasteiger partial charge in [0.2, 0.25) is 25.9 Å². The fourth-order valence-electron chi connectivity index (χ4n) is 7.78. The number of rotatable bonds is 28. The molecule has 0 fully saturated rings. The van der Waals surface area contributed by atoms with Crippen LogP contribution >= 0.6 is 11.8 Å². The van der Waals surface area contributed by atoms with Gasteiger partial charge in [0.25, 0.3) is 37.8 Å². The molecule has 0 unspecified atom stereocenters. The van der Waals surface area contributed by atoms with Crippen LogP contribution < -0.4 is 50.9 Å². The first-order chi connectivity index (χ1) is 36.8. The Labute approximate surface area is 452 Å². The zero-order valence-corrected chi connectivity index (χ0v) is 45.7. The molecule has 0 bridgehead atoms. The van der Waals surface area contributed by atoms with E-state index >= 15 is 0 Å². The van der Waals surface area contributed by atoms with E-state index in [4.69, 9.17) is 4.84 Å². The molecule has 0 radical (unpaired) electrons. The van der Waals surface area contributed by atoms with Gasteiger partial charge in [0, 0.05) is 79.1 Å². The normalized spacial score (nSPS) is 11.3. The molecule has 406 valence electrons. The minimum absolute atomic E-state index is 0.00559. The summed E-state index contributed by atoms with van der Waals surface area (Å²) in [5.41, 5.74) is 15.7. The molecule has 2 aromatic heterocycles. The number of nitrogens with zero attached hydrogens (tertiary/aromatic N) is 4. The van der Waals surface area contributed by atoms with Gasteiger partial charge >= 0.3 is 0 Å². The number of anilines is 6. The number of hydrogen-bond donors (Lipinski definition) is 8. The van der Waals surface area contributed by atoms with Crippen LogP contribution in [0, 0.1) is 27.7 Å². The van der Waals surface area contributed by atoms with Crippen molar-refractivity contribution in [1.29, 1.82) is 0 Å². The van der Waals surface area contributed by atoms with Crippen molar-refractivity contribution < 1.29 is 54.8 Å². The van der Waals surface area contributed by atoms with Crippen molar-refractivity contribution in [3.05, 3.63) is 155 Å². The molecule has 77 heavy (non-hydrogen) atoms. The van der Waals surface area contributed by atoms with Gasteiger partial charge in [-0.3, -0.25) is 60.0 Å². The SMILES string of the molecule is Cc1ccc(S(=O)(=O)Nc2ccc(NNC=O)cc2)c(C)c1NC(=O)C[n+]1cccc(CON(C)CCSCCN(C)C(=O)c2ccc[n+](CC(=O)Nc3c(C)ccc(S(=O)(=O)Nc4ccc(NNC=O)cc4)c3C)c2)c1. The molecular formula is C52H62N12O10S3+2. The largest absolute Gasteiger partial charge is 0.341 e. The van der Waals surface area contributed by atoms with Crippen LogP contribution in [0.2, 0.25) is 0 Å². The first kappa shape index (κ1) is 58.2. The number of carbonyl (C=O) groups excluding carboxylic acids is 5. The van der Waals surface area contributed by atoms with Crippen molar-refractivity contribution in [2.24, 2.45) is 0 Å². The molecule has 25 heteroatoms. The Hall–Kier alpha value is -8.10. The highest BCUT2D eigenvalue weighted by atomic mass is 32.2. The summed E-state index contributed by atoms with van der Waals surface area (Å²) in [6.45, 7) is 7.91. The van der Waals surface area contributed by atoms with Gasteiger partial charge in [-0.2, -0.15) is 26.0 Å². The lowest BCUT2D eigenvalue weighted by molar-refractivity contribution is -0.684. The maximum absolute atomic E-state index is 13.4. The average molecular weight is 1110 g/mol. The summed E-state index contributed by atoms with van der Waals surface area (Å²) < 4.78 is 62.1. The Bertz CT molecular complexity index is 3310. The maximum Gasteiger partial charge on any atom is 0.290 e. The molecule has 0 atom stereocenters. The number of pyridine rings is 2. The molecule has 0 aliphatic rings. The van der Waals surface area contributed by atoms with Crippen LogP contribution in [0.15, 0.2) is 132 Å². The van der Waals surface area contributed by atoms with Crippen LogP contribution in [0.5, 0.6) is 0 Å². The second-order valence-electron chi connectivity index (χ2n) is 17.6. The number of thioether (sulfide) groups is 1. The van der Waals surface area contributed by atoms with Gasteiger partial charge in [-0.05, 0) is 123 Å². The van der Waals surface area contributed by atoms with Gasteiger partial charge in [-0.1, -0.05) is 12.1 Å². The highest BCUT2D eigenvalue weighted by molar-refractivity contribution is 7.99. The molecule has 0 saturated heterocycles. The summed E-state index contributed by atoms with van der Waals surface area (Å²) >= 11 is 1.65. The monoisotopic (exact) mass is 1110 g/mol. The third kappa shape index (κ3) is 16.7. The molecule has 0 saturated carbocycles. The van der Waals surface area contributed by atoms with Gasteiger partial charge in [-0.25, -0.2) is 16.8 Å². The van der Waals surface area contributed by atoms with Gasteiger partial charge < -0.3 is 15.5 Å². The summed E-state index contributed by atoms with van der Waals surface area (Å²) in [6.07, 6.45) is 7.77. The van der Waals surface area contributed by atoms with E-state index in [2.05, 4.69) is 41.8 Å². The van der Waals surface area contributed by atoms with Crippen LogP contribution in [-0.2, 0) is 63.8 Å². The van der Waals surface area contributed by atoms with Gasteiger partial charge in [-0.15, -0.1) is 0 Å². The second-order valence-corrected chi connectivity index (χ2v) is 22.1. The molecule has 2 heterocycles. The van der Waals surface area contributed by atoms with Crippen molar-refractivity contribution in [2.45, 2.75) is 57.2 Å². The van der Waals surface area contributed by atoms with E-state index < -0.39 is 26.0 Å². The van der Waals surface area contributed by atoms with Crippen LogP contribution in [0.25, 0.3) is 0 Å². The highest BCUT2D eigenvalue weighted by Crippen LogP contribution is 2.30. The summed E-state index contributed by atoms with van der Waals surface area (Å²) in [5.74, 6) is 0.378. The highest BCUT2D eigenvalue weighted by Gasteiger charge is 2.25. The molecule has 0 spiro atoms. The number of nitrogens with one attached hydrogen (secondary N) is 8. The zero-order valence-electron chi connectivity index (χ0n) is 43.2. The quantitative estimate of drug-likeness (QED) is 0.0147. The van der Waals surface area contributed by atoms with Crippen molar-refractivity contribution in [3.8, 4) is 0 Å². The van der Waals surface area contributed by atoms with E-state index in [0.717, 1.165) is 11.3 Å². The van der Waals surface area contributed by atoms with Crippen LogP contribution in [0.4, 0.5) is 34.1 Å². The van der Waals surface area contributed by atoms with E-state index in [1.165, 1.54) is 24.3 Å². The number of aryl methyl sites for hydroxylation is 2. The fourth-order valence-corrected chi connectivity index (χ4v) is 11.4.